The lowest BCUT2D eigenvalue weighted by Crippen LogP contribution is -1.90. The molecule has 1 aromatic heterocycles. The molecule has 0 unspecified atom stereocenters. The number of rotatable bonds is 3. The molecular weight excluding hydrogens is 305 g/mol. The predicted molar refractivity (Wildman–Crippen MR) is 93.5 cm³/mol. The zero-order chi connectivity index (χ0) is 16.5. The van der Waals surface area contributed by atoms with Gasteiger partial charge < -0.3 is 15.5 Å². The Balaban J connectivity index is 1.66. The molecule has 0 aliphatic rings. The maximum atomic E-state index is 13.0. The van der Waals surface area contributed by atoms with Gasteiger partial charge in [-0.3, -0.25) is 0 Å². The normalized spacial score (nSPS) is 10.9. The summed E-state index contributed by atoms with van der Waals surface area (Å²) in [5.74, 6) is 0.262. The zero-order valence-electron chi connectivity index (χ0n) is 12.7. The summed E-state index contributed by atoms with van der Waals surface area (Å²) in [6.45, 7) is 0. The van der Waals surface area contributed by atoms with Gasteiger partial charge in [-0.1, -0.05) is 6.07 Å². The highest BCUT2D eigenvalue weighted by molar-refractivity contribution is 5.80. The van der Waals surface area contributed by atoms with Crippen LogP contribution < -0.4 is 11.1 Å². The Morgan fingerprint density at radius 3 is 2.58 bits per heavy atom. The lowest BCUT2D eigenvalue weighted by Gasteiger charge is -2.07. The Morgan fingerprint density at radius 2 is 1.75 bits per heavy atom. The number of anilines is 3. The first-order valence-corrected chi connectivity index (χ1v) is 7.46. The minimum atomic E-state index is -0.264. The molecule has 3 N–H and O–H groups in total. The minimum Gasteiger partial charge on any atom is -0.436 e. The average molecular weight is 319 g/mol. The fourth-order valence-corrected chi connectivity index (χ4v) is 2.50. The molecule has 4 nitrogen and oxygen atoms in total. The molecule has 4 aromatic rings. The first kappa shape index (κ1) is 14.3. The number of nitrogens with one attached hydrogen (secondary N) is 1. The van der Waals surface area contributed by atoms with E-state index in [1.807, 2.05) is 30.3 Å². The summed E-state index contributed by atoms with van der Waals surface area (Å²) < 4.78 is 18.8. The second-order valence-corrected chi connectivity index (χ2v) is 5.46. The van der Waals surface area contributed by atoms with E-state index in [-0.39, 0.29) is 5.82 Å². The fraction of sp³-hybridized carbons (Fsp3) is 0. The van der Waals surface area contributed by atoms with Gasteiger partial charge in [-0.05, 0) is 60.7 Å². The van der Waals surface area contributed by atoms with Gasteiger partial charge in [-0.15, -0.1) is 0 Å². The number of hydrogen-bond acceptors (Lipinski definition) is 4. The van der Waals surface area contributed by atoms with E-state index >= 15 is 0 Å². The number of oxazole rings is 1. The molecule has 1 heterocycles. The first-order chi connectivity index (χ1) is 11.7. The van der Waals surface area contributed by atoms with Crippen molar-refractivity contribution in [3.8, 4) is 11.5 Å². The molecule has 0 bridgehead atoms. The highest BCUT2D eigenvalue weighted by atomic mass is 19.1. The maximum absolute atomic E-state index is 13.0. The van der Waals surface area contributed by atoms with E-state index in [2.05, 4.69) is 10.3 Å². The summed E-state index contributed by atoms with van der Waals surface area (Å²) in [6, 6.07) is 19.2. The van der Waals surface area contributed by atoms with Crippen LogP contribution in [0.2, 0.25) is 0 Å². The van der Waals surface area contributed by atoms with E-state index in [0.717, 1.165) is 22.5 Å². The predicted octanol–water partition coefficient (Wildman–Crippen LogP) is 4.96. The molecule has 0 atom stereocenters. The number of benzene rings is 3. The van der Waals surface area contributed by atoms with Gasteiger partial charge in [0.25, 0.3) is 0 Å². The van der Waals surface area contributed by atoms with Gasteiger partial charge >= 0.3 is 0 Å². The van der Waals surface area contributed by atoms with Crippen LogP contribution >= 0.6 is 0 Å². The number of nitrogen functional groups attached to an aromatic ring is 1. The number of halogens is 1. The number of nitrogens with two attached hydrogens (primary N) is 1. The van der Waals surface area contributed by atoms with E-state index in [9.17, 15) is 4.39 Å². The van der Waals surface area contributed by atoms with Gasteiger partial charge in [0.05, 0.1) is 0 Å². The monoisotopic (exact) mass is 319 g/mol. The molecule has 118 valence electrons. The first-order valence-electron chi connectivity index (χ1n) is 7.46. The van der Waals surface area contributed by atoms with Gasteiger partial charge in [0.2, 0.25) is 5.89 Å². The van der Waals surface area contributed by atoms with Gasteiger partial charge in [-0.25, -0.2) is 9.37 Å². The van der Waals surface area contributed by atoms with Crippen LogP contribution in [0.5, 0.6) is 0 Å². The van der Waals surface area contributed by atoms with Crippen LogP contribution in [0.15, 0.2) is 71.1 Å². The van der Waals surface area contributed by atoms with E-state index in [0.29, 0.717) is 17.2 Å². The largest absolute Gasteiger partial charge is 0.436 e. The topological polar surface area (TPSA) is 64.1 Å². The quantitative estimate of drug-likeness (QED) is 0.524. The van der Waals surface area contributed by atoms with Crippen LogP contribution in [0.3, 0.4) is 0 Å². The second-order valence-electron chi connectivity index (χ2n) is 5.46. The van der Waals surface area contributed by atoms with Crippen LogP contribution in [0.25, 0.3) is 22.6 Å². The van der Waals surface area contributed by atoms with Gasteiger partial charge in [0.15, 0.2) is 5.58 Å². The van der Waals surface area contributed by atoms with Crippen LogP contribution in [-0.4, -0.2) is 4.98 Å². The molecule has 0 fully saturated rings. The Bertz CT molecular complexity index is 1010. The van der Waals surface area contributed by atoms with E-state index in [4.69, 9.17) is 10.2 Å². The van der Waals surface area contributed by atoms with Crippen molar-refractivity contribution in [3.05, 3.63) is 72.5 Å². The van der Waals surface area contributed by atoms with Gasteiger partial charge in [0.1, 0.15) is 11.3 Å². The molecule has 24 heavy (non-hydrogen) atoms. The van der Waals surface area contributed by atoms with Gasteiger partial charge in [0, 0.05) is 22.6 Å². The van der Waals surface area contributed by atoms with Crippen molar-refractivity contribution in [2.24, 2.45) is 0 Å². The maximum Gasteiger partial charge on any atom is 0.227 e. The Hall–Kier alpha value is -3.34. The molecular formula is C19H14FN3O. The average Bonchev–Trinajstić information content (AvgIpc) is 3.00. The molecule has 0 saturated carbocycles. The molecule has 3 aromatic carbocycles. The lowest BCUT2D eigenvalue weighted by atomic mass is 10.2. The second kappa shape index (κ2) is 5.70. The van der Waals surface area contributed by atoms with Crippen molar-refractivity contribution >= 4 is 28.2 Å². The highest BCUT2D eigenvalue weighted by Gasteiger charge is 2.09. The highest BCUT2D eigenvalue weighted by Crippen LogP contribution is 2.28. The summed E-state index contributed by atoms with van der Waals surface area (Å²) in [6.07, 6.45) is 0. The summed E-state index contributed by atoms with van der Waals surface area (Å²) in [4.78, 5) is 4.48. The van der Waals surface area contributed by atoms with Crippen LogP contribution in [0.1, 0.15) is 0 Å². The third kappa shape index (κ3) is 2.79. The zero-order valence-corrected chi connectivity index (χ0v) is 12.7. The molecule has 0 aliphatic heterocycles. The van der Waals surface area contributed by atoms with Crippen molar-refractivity contribution in [2.45, 2.75) is 0 Å². The van der Waals surface area contributed by atoms with E-state index < -0.39 is 0 Å². The summed E-state index contributed by atoms with van der Waals surface area (Å²) >= 11 is 0. The third-order valence-corrected chi connectivity index (χ3v) is 3.65. The standard InChI is InChI=1S/C19H14FN3O/c20-13-4-7-15(8-5-13)22-16-3-1-2-12(10-16)19-23-17-11-14(21)6-9-18(17)24-19/h1-11,22H,21H2. The van der Waals surface area contributed by atoms with Crippen molar-refractivity contribution in [1.29, 1.82) is 0 Å². The minimum absolute atomic E-state index is 0.264. The molecule has 0 spiro atoms. The molecule has 4 rings (SSSR count). The molecule has 0 amide bonds. The molecule has 0 saturated heterocycles. The molecule has 0 radical (unpaired) electrons. The number of aromatic nitrogens is 1. The summed E-state index contributed by atoms with van der Waals surface area (Å²) in [7, 11) is 0. The van der Waals surface area contributed by atoms with Crippen LogP contribution in [0, 0.1) is 5.82 Å². The number of fused-ring (bicyclic) bond motifs is 1. The molecule has 0 aliphatic carbocycles. The van der Waals surface area contributed by atoms with E-state index in [1.165, 1.54) is 12.1 Å². The number of hydrogen-bond donors (Lipinski definition) is 2. The Kier molecular flexibility index (Phi) is 3.39. The smallest absolute Gasteiger partial charge is 0.227 e. The van der Waals surface area contributed by atoms with Crippen LogP contribution in [0.4, 0.5) is 21.5 Å². The van der Waals surface area contributed by atoms with Crippen molar-refractivity contribution in [1.82, 2.24) is 4.98 Å². The SMILES string of the molecule is Nc1ccc2oc(-c3cccc(Nc4ccc(F)cc4)c3)nc2c1. The lowest BCUT2D eigenvalue weighted by molar-refractivity contribution is 0.620. The Labute approximate surface area is 137 Å². The molecule has 5 heteroatoms. The summed E-state index contributed by atoms with van der Waals surface area (Å²) in [5.41, 5.74) is 10.3. The Morgan fingerprint density at radius 1 is 0.917 bits per heavy atom. The third-order valence-electron chi connectivity index (χ3n) is 3.65. The van der Waals surface area contributed by atoms with Crippen molar-refractivity contribution < 1.29 is 8.81 Å². The fourth-order valence-electron chi connectivity index (χ4n) is 2.50. The number of nitrogens with zero attached hydrogens (tertiary/aromatic N) is 1. The van der Waals surface area contributed by atoms with Crippen molar-refractivity contribution in [2.75, 3.05) is 11.1 Å². The summed E-state index contributed by atoms with van der Waals surface area (Å²) in [5, 5.41) is 3.23. The van der Waals surface area contributed by atoms with Crippen molar-refractivity contribution in [3.63, 3.8) is 0 Å². The van der Waals surface area contributed by atoms with E-state index in [1.54, 1.807) is 24.3 Å². The van der Waals surface area contributed by atoms with Gasteiger partial charge in [-0.2, -0.15) is 0 Å². The van der Waals surface area contributed by atoms with Crippen LogP contribution in [-0.2, 0) is 0 Å².